The van der Waals surface area contributed by atoms with E-state index in [9.17, 15) is 4.79 Å². The van der Waals surface area contributed by atoms with Crippen LogP contribution in [0.2, 0.25) is 0 Å². The van der Waals surface area contributed by atoms with Crippen LogP contribution in [-0.4, -0.2) is 36.0 Å². The van der Waals surface area contributed by atoms with E-state index in [0.29, 0.717) is 18.1 Å². The Morgan fingerprint density at radius 3 is 2.37 bits per heavy atom. The van der Waals surface area contributed by atoms with Crippen molar-refractivity contribution in [2.75, 3.05) is 7.05 Å². The zero-order valence-corrected chi connectivity index (χ0v) is 12.7. The molecule has 2 heterocycles. The highest BCUT2D eigenvalue weighted by Crippen LogP contribution is 2.29. The van der Waals surface area contributed by atoms with Gasteiger partial charge in [-0.2, -0.15) is 0 Å². The smallest absolute Gasteiger partial charge is 0.253 e. The largest absolute Gasteiger partial charge is 0.339 e. The number of halogens is 1. The van der Waals surface area contributed by atoms with E-state index >= 15 is 0 Å². The van der Waals surface area contributed by atoms with E-state index in [1.54, 1.807) is 0 Å². The van der Waals surface area contributed by atoms with Crippen LogP contribution in [0, 0.1) is 0 Å². The summed E-state index contributed by atoms with van der Waals surface area (Å²) in [6.07, 6.45) is 4.72. The molecular weight excluding hydrogens is 304 g/mol. The summed E-state index contributed by atoms with van der Waals surface area (Å²) < 4.78 is 1.01. The normalized spacial score (nSPS) is 29.3. The summed E-state index contributed by atoms with van der Waals surface area (Å²) in [5.41, 5.74) is 0.775. The summed E-state index contributed by atoms with van der Waals surface area (Å²) >= 11 is 3.40. The van der Waals surface area contributed by atoms with Crippen molar-refractivity contribution >= 4 is 21.8 Å². The molecule has 2 atom stereocenters. The predicted octanol–water partition coefficient (Wildman–Crippen LogP) is 2.80. The lowest BCUT2D eigenvalue weighted by molar-refractivity contribution is 0.0681. The second-order valence-electron chi connectivity index (χ2n) is 5.69. The number of rotatable bonds is 2. The average Bonchev–Trinajstić information content (AvgIpc) is 2.76. The van der Waals surface area contributed by atoms with Gasteiger partial charge in [-0.1, -0.05) is 15.9 Å². The van der Waals surface area contributed by atoms with Gasteiger partial charge in [0.15, 0.2) is 0 Å². The second kappa shape index (κ2) is 5.25. The van der Waals surface area contributed by atoms with Crippen LogP contribution in [0.4, 0.5) is 0 Å². The van der Waals surface area contributed by atoms with Crippen molar-refractivity contribution in [2.24, 2.45) is 0 Å². The summed E-state index contributed by atoms with van der Waals surface area (Å²) in [6.45, 7) is 0. The van der Waals surface area contributed by atoms with Crippen LogP contribution < -0.4 is 5.32 Å². The number of nitrogens with one attached hydrogen (secondary N) is 1. The number of benzene rings is 1. The zero-order chi connectivity index (χ0) is 13.4. The molecule has 2 fully saturated rings. The van der Waals surface area contributed by atoms with E-state index in [1.807, 2.05) is 36.2 Å². The fourth-order valence-corrected chi connectivity index (χ4v) is 3.57. The molecule has 1 aromatic rings. The highest BCUT2D eigenvalue weighted by Gasteiger charge is 2.36. The van der Waals surface area contributed by atoms with Crippen LogP contribution in [0.1, 0.15) is 36.0 Å². The highest BCUT2D eigenvalue weighted by atomic mass is 79.9. The Morgan fingerprint density at radius 2 is 1.79 bits per heavy atom. The van der Waals surface area contributed by atoms with Gasteiger partial charge in [-0.05, 0) is 49.9 Å². The molecule has 2 aliphatic rings. The molecule has 4 heteroatoms. The molecule has 2 bridgehead atoms. The summed E-state index contributed by atoms with van der Waals surface area (Å²) in [5, 5.41) is 3.62. The lowest BCUT2D eigenvalue weighted by Crippen LogP contribution is -2.48. The van der Waals surface area contributed by atoms with Crippen LogP contribution in [0.3, 0.4) is 0 Å². The maximum Gasteiger partial charge on any atom is 0.253 e. The summed E-state index contributed by atoms with van der Waals surface area (Å²) in [7, 11) is 1.94. The van der Waals surface area contributed by atoms with Gasteiger partial charge in [-0.25, -0.2) is 0 Å². The molecular formula is C15H19BrN2O. The molecule has 0 spiro atoms. The number of carbonyl (C=O) groups is 1. The monoisotopic (exact) mass is 322 g/mol. The van der Waals surface area contributed by atoms with E-state index in [-0.39, 0.29) is 5.91 Å². The summed E-state index contributed by atoms with van der Waals surface area (Å²) in [4.78, 5) is 14.4. The number of amides is 1. The quantitative estimate of drug-likeness (QED) is 0.908. The number of piperidine rings is 1. The van der Waals surface area contributed by atoms with Crippen molar-refractivity contribution in [1.82, 2.24) is 10.2 Å². The second-order valence-corrected chi connectivity index (χ2v) is 6.60. The third-order valence-electron chi connectivity index (χ3n) is 4.41. The maximum absolute atomic E-state index is 12.5. The van der Waals surface area contributed by atoms with Crippen molar-refractivity contribution in [1.29, 1.82) is 0 Å². The van der Waals surface area contributed by atoms with Crippen LogP contribution in [0.5, 0.6) is 0 Å². The number of fused-ring (bicyclic) bond motifs is 2. The minimum atomic E-state index is 0.138. The Hall–Kier alpha value is -0.870. The first-order valence-electron chi connectivity index (χ1n) is 6.92. The predicted molar refractivity (Wildman–Crippen MR) is 79.2 cm³/mol. The average molecular weight is 323 g/mol. The highest BCUT2D eigenvalue weighted by molar-refractivity contribution is 9.10. The van der Waals surface area contributed by atoms with Gasteiger partial charge in [0.05, 0.1) is 0 Å². The summed E-state index contributed by atoms with van der Waals surface area (Å²) in [5.74, 6) is 0.138. The standard InChI is InChI=1S/C15H19BrN2O/c1-18(14-8-12-6-7-13(9-14)17-12)15(19)10-2-4-11(16)5-3-10/h2-5,12-14,17H,6-9H2,1H3. The van der Waals surface area contributed by atoms with Gasteiger partial charge in [0.1, 0.15) is 0 Å². The number of hydrogen-bond acceptors (Lipinski definition) is 2. The molecule has 2 unspecified atom stereocenters. The van der Waals surface area contributed by atoms with Gasteiger partial charge in [-0.3, -0.25) is 4.79 Å². The van der Waals surface area contributed by atoms with Crippen LogP contribution >= 0.6 is 15.9 Å². The van der Waals surface area contributed by atoms with Crippen molar-refractivity contribution in [3.8, 4) is 0 Å². The van der Waals surface area contributed by atoms with Crippen LogP contribution in [-0.2, 0) is 0 Å². The SMILES string of the molecule is CN(C(=O)c1ccc(Br)cc1)C1CC2CCC(C1)N2. The lowest BCUT2D eigenvalue weighted by atomic mass is 9.98. The lowest BCUT2D eigenvalue weighted by Gasteiger charge is -2.35. The van der Waals surface area contributed by atoms with Gasteiger partial charge < -0.3 is 10.2 Å². The summed E-state index contributed by atoms with van der Waals surface area (Å²) in [6, 6.07) is 9.24. The third kappa shape index (κ3) is 2.70. The Bertz CT molecular complexity index is 462. The fourth-order valence-electron chi connectivity index (χ4n) is 3.31. The molecule has 0 saturated carbocycles. The van der Waals surface area contributed by atoms with Crippen LogP contribution in [0.15, 0.2) is 28.7 Å². The fraction of sp³-hybridized carbons (Fsp3) is 0.533. The zero-order valence-electron chi connectivity index (χ0n) is 11.1. The van der Waals surface area contributed by atoms with E-state index < -0.39 is 0 Å². The molecule has 1 aromatic carbocycles. The van der Waals surface area contributed by atoms with E-state index in [2.05, 4.69) is 21.2 Å². The van der Waals surface area contributed by atoms with E-state index in [1.165, 1.54) is 12.8 Å². The van der Waals surface area contributed by atoms with Crippen molar-refractivity contribution in [2.45, 2.75) is 43.8 Å². The van der Waals surface area contributed by atoms with Crippen molar-refractivity contribution in [3.05, 3.63) is 34.3 Å². The van der Waals surface area contributed by atoms with Gasteiger partial charge in [0.2, 0.25) is 0 Å². The minimum Gasteiger partial charge on any atom is -0.339 e. The van der Waals surface area contributed by atoms with Crippen LogP contribution in [0.25, 0.3) is 0 Å². The molecule has 2 aliphatic heterocycles. The first kappa shape index (κ1) is 13.1. The van der Waals surface area contributed by atoms with E-state index in [0.717, 1.165) is 22.9 Å². The first-order chi connectivity index (χ1) is 9.13. The molecule has 102 valence electrons. The van der Waals surface area contributed by atoms with E-state index in [4.69, 9.17) is 0 Å². The molecule has 0 radical (unpaired) electrons. The third-order valence-corrected chi connectivity index (χ3v) is 4.94. The number of carbonyl (C=O) groups excluding carboxylic acids is 1. The van der Waals surface area contributed by atoms with Gasteiger partial charge in [-0.15, -0.1) is 0 Å². The molecule has 1 N–H and O–H groups in total. The topological polar surface area (TPSA) is 32.3 Å². The van der Waals surface area contributed by atoms with Crippen molar-refractivity contribution < 1.29 is 4.79 Å². The minimum absolute atomic E-state index is 0.138. The molecule has 3 nitrogen and oxygen atoms in total. The van der Waals surface area contributed by atoms with Gasteiger partial charge in [0, 0.05) is 35.2 Å². The molecule has 19 heavy (non-hydrogen) atoms. The number of hydrogen-bond donors (Lipinski definition) is 1. The molecule has 3 rings (SSSR count). The first-order valence-corrected chi connectivity index (χ1v) is 7.71. The van der Waals surface area contributed by atoms with Crippen molar-refractivity contribution in [3.63, 3.8) is 0 Å². The van der Waals surface area contributed by atoms with Gasteiger partial charge >= 0.3 is 0 Å². The Balaban J connectivity index is 1.71. The number of nitrogens with zero attached hydrogens (tertiary/aromatic N) is 1. The molecule has 0 aromatic heterocycles. The Morgan fingerprint density at radius 1 is 1.21 bits per heavy atom. The molecule has 2 saturated heterocycles. The Labute approximate surface area is 122 Å². The molecule has 1 amide bonds. The van der Waals surface area contributed by atoms with Gasteiger partial charge in [0.25, 0.3) is 5.91 Å². The maximum atomic E-state index is 12.5. The Kier molecular flexibility index (Phi) is 3.63. The molecule has 0 aliphatic carbocycles.